The number of hydrogen-bond donors (Lipinski definition) is 1. The molecule has 1 aliphatic carbocycles. The molecule has 0 heterocycles. The van der Waals surface area contributed by atoms with Crippen LogP contribution in [-0.2, 0) is 0 Å². The van der Waals surface area contributed by atoms with E-state index in [1.807, 2.05) is 0 Å². The summed E-state index contributed by atoms with van der Waals surface area (Å²) < 4.78 is 0. The van der Waals surface area contributed by atoms with E-state index in [9.17, 15) is 0 Å². The van der Waals surface area contributed by atoms with Crippen LogP contribution in [0.2, 0.25) is 0 Å². The Kier molecular flexibility index (Phi) is 5.91. The van der Waals surface area contributed by atoms with E-state index in [2.05, 4.69) is 49.5 Å². The van der Waals surface area contributed by atoms with Crippen molar-refractivity contribution < 1.29 is 0 Å². The third-order valence-electron chi connectivity index (χ3n) is 4.72. The predicted molar refractivity (Wildman–Crippen MR) is 83.5 cm³/mol. The molecule has 106 valence electrons. The maximum atomic E-state index is 3.78. The molecule has 19 heavy (non-hydrogen) atoms. The van der Waals surface area contributed by atoms with Crippen LogP contribution < -0.4 is 5.32 Å². The second-order valence-corrected chi connectivity index (χ2v) is 6.26. The summed E-state index contributed by atoms with van der Waals surface area (Å²) in [6, 6.07) is 11.5. The summed E-state index contributed by atoms with van der Waals surface area (Å²) in [5, 5.41) is 3.78. The van der Waals surface area contributed by atoms with E-state index >= 15 is 0 Å². The molecule has 1 heteroatoms. The lowest BCUT2D eigenvalue weighted by Gasteiger charge is -2.25. The smallest absolute Gasteiger partial charge is 0.00672 e. The minimum absolute atomic E-state index is 0.606. The van der Waals surface area contributed by atoms with E-state index in [4.69, 9.17) is 0 Å². The lowest BCUT2D eigenvalue weighted by atomic mass is 9.92. The van der Waals surface area contributed by atoms with Crippen LogP contribution in [0, 0.1) is 5.92 Å². The van der Waals surface area contributed by atoms with Crippen molar-refractivity contribution in [2.24, 2.45) is 5.92 Å². The average Bonchev–Trinajstić information content (AvgIpc) is 2.74. The van der Waals surface area contributed by atoms with Gasteiger partial charge in [-0.05, 0) is 37.2 Å². The second-order valence-electron chi connectivity index (χ2n) is 6.26. The molecule has 1 unspecified atom stereocenters. The van der Waals surface area contributed by atoms with Crippen LogP contribution in [0.5, 0.6) is 0 Å². The molecule has 0 spiro atoms. The van der Waals surface area contributed by atoms with Crippen LogP contribution in [0.1, 0.15) is 63.9 Å². The Balaban J connectivity index is 1.77. The van der Waals surface area contributed by atoms with Gasteiger partial charge in [-0.2, -0.15) is 0 Å². The first kappa shape index (κ1) is 14.6. The Morgan fingerprint density at radius 2 is 1.63 bits per heavy atom. The van der Waals surface area contributed by atoms with Crippen molar-refractivity contribution in [3.05, 3.63) is 35.9 Å². The third-order valence-corrected chi connectivity index (χ3v) is 4.72. The number of nitrogens with one attached hydrogen (secondary N) is 1. The molecule has 2 atom stereocenters. The minimum atomic E-state index is 0.606. The van der Waals surface area contributed by atoms with Crippen LogP contribution >= 0.6 is 0 Å². The summed E-state index contributed by atoms with van der Waals surface area (Å²) in [5.41, 5.74) is 1.45. The monoisotopic (exact) mass is 259 g/mol. The predicted octanol–water partition coefficient (Wildman–Crippen LogP) is 4.74. The van der Waals surface area contributed by atoms with E-state index in [0.717, 1.165) is 12.5 Å². The Hall–Kier alpha value is -0.820. The summed E-state index contributed by atoms with van der Waals surface area (Å²) in [5.74, 6) is 1.50. The van der Waals surface area contributed by atoms with Gasteiger partial charge in [0.2, 0.25) is 0 Å². The van der Waals surface area contributed by atoms with Crippen LogP contribution in [0.15, 0.2) is 30.3 Å². The zero-order valence-electron chi connectivity index (χ0n) is 12.6. The van der Waals surface area contributed by atoms with Gasteiger partial charge in [0.15, 0.2) is 0 Å². The summed E-state index contributed by atoms with van der Waals surface area (Å²) in [7, 11) is 0. The van der Waals surface area contributed by atoms with Crippen molar-refractivity contribution in [2.75, 3.05) is 6.54 Å². The normalized spacial score (nSPS) is 20.7. The van der Waals surface area contributed by atoms with Gasteiger partial charge in [-0.3, -0.25) is 0 Å². The van der Waals surface area contributed by atoms with Crippen molar-refractivity contribution in [2.45, 2.75) is 64.3 Å². The van der Waals surface area contributed by atoms with Gasteiger partial charge in [0.1, 0.15) is 0 Å². The molecule has 0 aromatic heterocycles. The van der Waals surface area contributed by atoms with E-state index in [1.165, 1.54) is 44.1 Å². The van der Waals surface area contributed by atoms with Crippen LogP contribution in [0.4, 0.5) is 0 Å². The Morgan fingerprint density at radius 1 is 1.00 bits per heavy atom. The molecule has 2 rings (SSSR count). The number of benzene rings is 1. The standard InChI is InChI=1S/C18H29N/c1-15(17-10-8-5-9-11-17)14-19-16(2)18-12-6-3-4-7-13-18/h5,8-11,15-16,18-19H,3-4,6-7,12-14H2,1-2H3/t15?,16-/m1/s1. The van der Waals surface area contributed by atoms with Gasteiger partial charge >= 0.3 is 0 Å². The van der Waals surface area contributed by atoms with Crippen LogP contribution in [0.3, 0.4) is 0 Å². The van der Waals surface area contributed by atoms with Gasteiger partial charge in [0, 0.05) is 12.6 Å². The van der Waals surface area contributed by atoms with Gasteiger partial charge in [0.05, 0.1) is 0 Å². The van der Waals surface area contributed by atoms with E-state index in [-0.39, 0.29) is 0 Å². The summed E-state index contributed by atoms with van der Waals surface area (Å²) >= 11 is 0. The fourth-order valence-corrected chi connectivity index (χ4v) is 3.24. The van der Waals surface area contributed by atoms with Crippen molar-refractivity contribution in [1.82, 2.24) is 5.32 Å². The van der Waals surface area contributed by atoms with Crippen molar-refractivity contribution in [1.29, 1.82) is 0 Å². The highest BCUT2D eigenvalue weighted by Gasteiger charge is 2.19. The molecule has 0 bridgehead atoms. The topological polar surface area (TPSA) is 12.0 Å². The fraction of sp³-hybridized carbons (Fsp3) is 0.667. The van der Waals surface area contributed by atoms with Gasteiger partial charge in [0.25, 0.3) is 0 Å². The lowest BCUT2D eigenvalue weighted by molar-refractivity contribution is 0.333. The molecule has 0 radical (unpaired) electrons. The first-order valence-corrected chi connectivity index (χ1v) is 8.05. The van der Waals surface area contributed by atoms with Gasteiger partial charge in [-0.15, -0.1) is 0 Å². The lowest BCUT2D eigenvalue weighted by Crippen LogP contribution is -2.35. The largest absolute Gasteiger partial charge is 0.313 e. The summed E-state index contributed by atoms with van der Waals surface area (Å²) in [4.78, 5) is 0. The number of hydrogen-bond acceptors (Lipinski definition) is 1. The van der Waals surface area contributed by atoms with Crippen molar-refractivity contribution in [3.8, 4) is 0 Å². The molecule has 1 saturated carbocycles. The average molecular weight is 259 g/mol. The summed E-state index contributed by atoms with van der Waals surface area (Å²) in [6.07, 6.45) is 8.62. The molecule has 1 nitrogen and oxygen atoms in total. The van der Waals surface area contributed by atoms with Crippen LogP contribution in [-0.4, -0.2) is 12.6 Å². The highest BCUT2D eigenvalue weighted by Crippen LogP contribution is 2.25. The molecule has 1 aromatic carbocycles. The zero-order chi connectivity index (χ0) is 13.5. The molecule has 0 saturated heterocycles. The summed E-state index contributed by atoms with van der Waals surface area (Å²) in [6.45, 7) is 5.80. The van der Waals surface area contributed by atoms with E-state index < -0.39 is 0 Å². The highest BCUT2D eigenvalue weighted by atomic mass is 14.9. The second kappa shape index (κ2) is 7.69. The minimum Gasteiger partial charge on any atom is -0.313 e. The fourth-order valence-electron chi connectivity index (χ4n) is 3.24. The molecular formula is C18H29N. The molecule has 1 fully saturated rings. The SMILES string of the molecule is CC(CN[C@H](C)C1CCCCCC1)c1ccccc1. The van der Waals surface area contributed by atoms with Gasteiger partial charge < -0.3 is 5.32 Å². The maximum absolute atomic E-state index is 3.78. The van der Waals surface area contributed by atoms with Crippen LogP contribution in [0.25, 0.3) is 0 Å². The zero-order valence-corrected chi connectivity index (χ0v) is 12.6. The molecule has 0 amide bonds. The van der Waals surface area contributed by atoms with E-state index in [0.29, 0.717) is 12.0 Å². The Morgan fingerprint density at radius 3 is 2.26 bits per heavy atom. The van der Waals surface area contributed by atoms with E-state index in [1.54, 1.807) is 0 Å². The van der Waals surface area contributed by atoms with Crippen molar-refractivity contribution >= 4 is 0 Å². The first-order valence-electron chi connectivity index (χ1n) is 8.05. The molecule has 1 N–H and O–H groups in total. The third kappa shape index (κ3) is 4.65. The Bertz CT molecular complexity index is 338. The van der Waals surface area contributed by atoms with Gasteiger partial charge in [-0.1, -0.05) is 62.9 Å². The molecule has 1 aliphatic rings. The highest BCUT2D eigenvalue weighted by molar-refractivity contribution is 5.18. The quantitative estimate of drug-likeness (QED) is 0.753. The Labute approximate surface area is 118 Å². The first-order chi connectivity index (χ1) is 9.27. The maximum Gasteiger partial charge on any atom is 0.00672 e. The molecule has 1 aromatic rings. The van der Waals surface area contributed by atoms with Crippen molar-refractivity contribution in [3.63, 3.8) is 0 Å². The molecular weight excluding hydrogens is 230 g/mol. The molecule has 0 aliphatic heterocycles. The number of rotatable bonds is 5. The van der Waals surface area contributed by atoms with Gasteiger partial charge in [-0.25, -0.2) is 0 Å².